The van der Waals surface area contributed by atoms with E-state index in [1.165, 1.54) is 0 Å². The third-order valence-electron chi connectivity index (χ3n) is 4.70. The number of pyridine rings is 1. The fourth-order valence-electron chi connectivity index (χ4n) is 3.31. The Balaban J connectivity index is 1.60. The van der Waals surface area contributed by atoms with Gasteiger partial charge in [-0.3, -0.25) is 9.88 Å². The Morgan fingerprint density at radius 1 is 1.26 bits per heavy atom. The van der Waals surface area contributed by atoms with Crippen LogP contribution in [0.1, 0.15) is 24.0 Å². The zero-order valence-electron chi connectivity index (χ0n) is 15.1. The van der Waals surface area contributed by atoms with Crippen molar-refractivity contribution in [3.63, 3.8) is 0 Å². The molecule has 1 aliphatic rings. The summed E-state index contributed by atoms with van der Waals surface area (Å²) in [5.41, 5.74) is 1.47. The Morgan fingerprint density at radius 2 is 2.04 bits per heavy atom. The van der Waals surface area contributed by atoms with Gasteiger partial charge in [0.15, 0.2) is 11.5 Å². The predicted octanol–water partition coefficient (Wildman–Crippen LogP) is 4.56. The molecule has 5 nitrogen and oxygen atoms in total. The van der Waals surface area contributed by atoms with Gasteiger partial charge in [0.2, 0.25) is 0 Å². The number of nitrogens with zero attached hydrogens (tertiary/aromatic N) is 3. The van der Waals surface area contributed by atoms with E-state index in [1.54, 1.807) is 37.7 Å². The first-order chi connectivity index (χ1) is 13.1. The number of methoxy groups -OCH3 is 1. The molecule has 1 unspecified atom stereocenters. The van der Waals surface area contributed by atoms with Crippen molar-refractivity contribution < 1.29 is 9.47 Å². The lowest BCUT2D eigenvalue weighted by molar-refractivity contribution is 0.123. The maximum atomic E-state index is 9.00. The Hall–Kier alpha value is -2.00. The van der Waals surface area contributed by atoms with E-state index in [0.29, 0.717) is 46.2 Å². The minimum absolute atomic E-state index is 0.401. The van der Waals surface area contributed by atoms with Gasteiger partial charge in [-0.1, -0.05) is 23.2 Å². The van der Waals surface area contributed by atoms with Crippen LogP contribution in [0.3, 0.4) is 0 Å². The third kappa shape index (κ3) is 5.04. The molecule has 142 valence electrons. The van der Waals surface area contributed by atoms with Crippen LogP contribution in [0.4, 0.5) is 0 Å². The van der Waals surface area contributed by atoms with Crippen LogP contribution < -0.4 is 9.47 Å². The van der Waals surface area contributed by atoms with Crippen LogP contribution in [0.25, 0.3) is 0 Å². The summed E-state index contributed by atoms with van der Waals surface area (Å²) in [7, 11) is 1.58. The Labute approximate surface area is 169 Å². The maximum absolute atomic E-state index is 9.00. The lowest BCUT2D eigenvalue weighted by Gasteiger charge is -2.33. The second-order valence-corrected chi connectivity index (χ2v) is 7.43. The molecule has 7 heteroatoms. The Morgan fingerprint density at radius 3 is 2.74 bits per heavy atom. The summed E-state index contributed by atoms with van der Waals surface area (Å²) in [6, 6.07) is 7.32. The van der Waals surface area contributed by atoms with Crippen molar-refractivity contribution in [1.82, 2.24) is 9.88 Å². The molecule has 1 aromatic carbocycles. The number of benzene rings is 1. The number of rotatable bonds is 6. The van der Waals surface area contributed by atoms with Gasteiger partial charge in [-0.05, 0) is 31.5 Å². The first kappa shape index (κ1) is 19.8. The average molecular weight is 406 g/mol. The van der Waals surface area contributed by atoms with E-state index in [4.69, 9.17) is 37.9 Å². The van der Waals surface area contributed by atoms with E-state index in [0.717, 1.165) is 31.5 Å². The van der Waals surface area contributed by atoms with Crippen molar-refractivity contribution in [2.45, 2.75) is 19.4 Å². The van der Waals surface area contributed by atoms with Crippen molar-refractivity contribution in [3.8, 4) is 17.6 Å². The molecule has 0 amide bonds. The molecule has 3 rings (SSSR count). The predicted molar refractivity (Wildman–Crippen MR) is 105 cm³/mol. The number of likely N-dealkylation sites (tertiary alicyclic amines) is 1. The third-order valence-corrected chi connectivity index (χ3v) is 5.36. The first-order valence-corrected chi connectivity index (χ1v) is 9.57. The molecule has 0 aliphatic carbocycles. The number of aromatic nitrogens is 1. The quantitative estimate of drug-likeness (QED) is 0.704. The number of nitriles is 1. The van der Waals surface area contributed by atoms with Gasteiger partial charge in [0.25, 0.3) is 0 Å². The molecule has 2 heterocycles. The molecule has 2 aromatic rings. The second-order valence-electron chi connectivity index (χ2n) is 6.61. The fourth-order valence-corrected chi connectivity index (χ4v) is 3.79. The van der Waals surface area contributed by atoms with E-state index in [-0.39, 0.29) is 0 Å². The molecule has 1 aliphatic heterocycles. The molecule has 27 heavy (non-hydrogen) atoms. The molecule has 0 radical (unpaired) electrons. The summed E-state index contributed by atoms with van der Waals surface area (Å²) in [6.45, 7) is 3.21. The average Bonchev–Trinajstić information content (AvgIpc) is 2.69. The molecule has 0 bridgehead atoms. The van der Waals surface area contributed by atoms with E-state index >= 15 is 0 Å². The smallest absolute Gasteiger partial charge is 0.162 e. The van der Waals surface area contributed by atoms with E-state index < -0.39 is 0 Å². The highest BCUT2D eigenvalue weighted by atomic mass is 35.5. The summed E-state index contributed by atoms with van der Waals surface area (Å²) < 4.78 is 11.3. The number of hydrogen-bond donors (Lipinski definition) is 0. The van der Waals surface area contributed by atoms with Crippen molar-refractivity contribution in [2.24, 2.45) is 5.92 Å². The largest absolute Gasteiger partial charge is 0.493 e. The van der Waals surface area contributed by atoms with Gasteiger partial charge in [0.05, 0.1) is 35.4 Å². The van der Waals surface area contributed by atoms with Crippen LogP contribution in [-0.4, -0.2) is 36.7 Å². The van der Waals surface area contributed by atoms with Crippen molar-refractivity contribution in [3.05, 3.63) is 51.8 Å². The lowest BCUT2D eigenvalue weighted by Crippen LogP contribution is -2.37. The molecular formula is C20H21Cl2N3O2. The molecule has 1 aromatic heterocycles. The van der Waals surface area contributed by atoms with Crippen LogP contribution in [0.2, 0.25) is 10.0 Å². The molecular weight excluding hydrogens is 385 g/mol. The lowest BCUT2D eigenvalue weighted by atomic mass is 9.98. The zero-order chi connectivity index (χ0) is 19.2. The molecule has 0 N–H and O–H groups in total. The summed E-state index contributed by atoms with van der Waals surface area (Å²) in [5.74, 6) is 1.64. The maximum Gasteiger partial charge on any atom is 0.162 e. The number of hydrogen-bond acceptors (Lipinski definition) is 5. The van der Waals surface area contributed by atoms with Gasteiger partial charge in [-0.25, -0.2) is 0 Å². The number of piperidine rings is 1. The van der Waals surface area contributed by atoms with Crippen LogP contribution in [-0.2, 0) is 6.54 Å². The number of ether oxygens (including phenoxy) is 2. The summed E-state index contributed by atoms with van der Waals surface area (Å²) in [4.78, 5) is 6.36. The van der Waals surface area contributed by atoms with E-state index in [2.05, 4.69) is 16.0 Å². The fraction of sp³-hybridized carbons (Fsp3) is 0.400. The van der Waals surface area contributed by atoms with Gasteiger partial charge >= 0.3 is 0 Å². The van der Waals surface area contributed by atoms with Crippen LogP contribution in [0.5, 0.6) is 11.5 Å². The standard InChI is InChI=1S/C20H21Cl2N3O2/c1-26-20-7-14(8-23)4-5-19(20)27-13-15-3-2-6-25(11-15)12-16-17(21)9-24-10-18(16)22/h4-5,7,9-10,15H,2-3,6,11-13H2,1H3. The van der Waals surface area contributed by atoms with E-state index in [1.807, 2.05) is 0 Å². The topological polar surface area (TPSA) is 58.4 Å². The monoisotopic (exact) mass is 405 g/mol. The highest BCUT2D eigenvalue weighted by molar-refractivity contribution is 6.35. The van der Waals surface area contributed by atoms with Crippen LogP contribution in [0, 0.1) is 17.2 Å². The van der Waals surface area contributed by atoms with Crippen molar-refractivity contribution >= 4 is 23.2 Å². The van der Waals surface area contributed by atoms with Gasteiger partial charge in [0.1, 0.15) is 0 Å². The normalized spacial score (nSPS) is 17.3. The molecule has 1 atom stereocenters. The first-order valence-electron chi connectivity index (χ1n) is 8.82. The summed E-state index contributed by atoms with van der Waals surface area (Å²) >= 11 is 12.5. The molecule has 1 fully saturated rings. The molecule has 0 spiro atoms. The van der Waals surface area contributed by atoms with Gasteiger partial charge in [-0.2, -0.15) is 5.26 Å². The SMILES string of the molecule is COc1cc(C#N)ccc1OCC1CCCN(Cc2c(Cl)cncc2Cl)C1. The van der Waals surface area contributed by atoms with Crippen LogP contribution >= 0.6 is 23.2 Å². The van der Waals surface area contributed by atoms with Gasteiger partial charge in [0, 0.05) is 43.0 Å². The highest BCUT2D eigenvalue weighted by Crippen LogP contribution is 2.30. The minimum Gasteiger partial charge on any atom is -0.493 e. The van der Waals surface area contributed by atoms with E-state index in [9.17, 15) is 0 Å². The van der Waals surface area contributed by atoms with Gasteiger partial charge in [-0.15, -0.1) is 0 Å². The summed E-state index contributed by atoms with van der Waals surface area (Å²) in [5, 5.41) is 10.2. The molecule has 0 saturated carbocycles. The number of halogens is 2. The van der Waals surface area contributed by atoms with Crippen molar-refractivity contribution in [2.75, 3.05) is 26.8 Å². The Kier molecular flexibility index (Phi) is 6.78. The van der Waals surface area contributed by atoms with Crippen molar-refractivity contribution in [1.29, 1.82) is 5.26 Å². The zero-order valence-corrected chi connectivity index (χ0v) is 16.6. The minimum atomic E-state index is 0.401. The molecule has 1 saturated heterocycles. The Bertz CT molecular complexity index is 818. The highest BCUT2D eigenvalue weighted by Gasteiger charge is 2.22. The van der Waals surface area contributed by atoms with Gasteiger partial charge < -0.3 is 9.47 Å². The second kappa shape index (κ2) is 9.27. The summed E-state index contributed by atoms with van der Waals surface area (Å²) in [6.07, 6.45) is 5.46. The van der Waals surface area contributed by atoms with Crippen LogP contribution in [0.15, 0.2) is 30.6 Å².